The van der Waals surface area contributed by atoms with Gasteiger partial charge in [0.1, 0.15) is 0 Å². The molecule has 0 bridgehead atoms. The van der Waals surface area contributed by atoms with Crippen molar-refractivity contribution in [2.45, 2.75) is 18.9 Å². The Labute approximate surface area is 118 Å². The average molecular weight is 294 g/mol. The van der Waals surface area contributed by atoms with Gasteiger partial charge in [-0.25, -0.2) is 4.98 Å². The lowest BCUT2D eigenvalue weighted by atomic mass is 10.2. The van der Waals surface area contributed by atoms with Gasteiger partial charge >= 0.3 is 0 Å². The summed E-state index contributed by atoms with van der Waals surface area (Å²) in [4.78, 5) is 3.85. The third-order valence-corrected chi connectivity index (χ3v) is 5.06. The number of imidazole rings is 1. The van der Waals surface area contributed by atoms with Gasteiger partial charge in [-0.05, 0) is 31.5 Å². The molecule has 1 aromatic carbocycles. The fraction of sp³-hybridized carbons (Fsp3) is 0.308. The van der Waals surface area contributed by atoms with Gasteiger partial charge in [0, 0.05) is 13.6 Å². The third-order valence-electron chi connectivity index (χ3n) is 3.02. The second-order valence-electron chi connectivity index (χ2n) is 4.55. The van der Waals surface area contributed by atoms with Gasteiger partial charge in [-0.1, -0.05) is 12.1 Å². The van der Waals surface area contributed by atoms with E-state index in [1.165, 1.54) is 15.2 Å². The van der Waals surface area contributed by atoms with Crippen LogP contribution >= 0.6 is 0 Å². The molecule has 1 heterocycles. The van der Waals surface area contributed by atoms with Crippen LogP contribution in [0.4, 0.5) is 11.5 Å². The van der Waals surface area contributed by atoms with Crippen molar-refractivity contribution in [2.75, 3.05) is 16.6 Å². The van der Waals surface area contributed by atoms with Crippen molar-refractivity contribution < 1.29 is 8.42 Å². The zero-order chi connectivity index (χ0) is 14.9. The highest BCUT2D eigenvalue weighted by Crippen LogP contribution is 2.26. The van der Waals surface area contributed by atoms with E-state index >= 15 is 0 Å². The van der Waals surface area contributed by atoms with E-state index in [0.717, 1.165) is 5.56 Å². The lowest BCUT2D eigenvalue weighted by Crippen LogP contribution is -2.32. The molecule has 2 rings (SSSR count). The standard InChI is InChI=1S/C13H18N4O2S/c1-4-17(11-7-5-6-10(2)8-11)20(18,19)13-12(14)15-9-16(13)3/h5-9H,4,14H2,1-3H3. The van der Waals surface area contributed by atoms with E-state index in [4.69, 9.17) is 5.73 Å². The van der Waals surface area contributed by atoms with Gasteiger partial charge in [0.15, 0.2) is 10.8 Å². The number of nitrogen functional groups attached to an aromatic ring is 1. The summed E-state index contributed by atoms with van der Waals surface area (Å²) >= 11 is 0. The normalized spacial score (nSPS) is 11.6. The molecular weight excluding hydrogens is 276 g/mol. The Morgan fingerprint density at radius 3 is 2.60 bits per heavy atom. The van der Waals surface area contributed by atoms with Crippen LogP contribution in [0.25, 0.3) is 0 Å². The molecule has 1 aromatic heterocycles. The summed E-state index contributed by atoms with van der Waals surface area (Å²) in [6, 6.07) is 7.34. The number of aryl methyl sites for hydroxylation is 2. The number of rotatable bonds is 4. The van der Waals surface area contributed by atoms with Crippen LogP contribution in [0, 0.1) is 6.92 Å². The third kappa shape index (κ3) is 2.36. The Morgan fingerprint density at radius 2 is 2.10 bits per heavy atom. The van der Waals surface area contributed by atoms with Crippen molar-refractivity contribution in [3.63, 3.8) is 0 Å². The second kappa shape index (κ2) is 5.16. The lowest BCUT2D eigenvalue weighted by Gasteiger charge is -2.23. The molecule has 2 N–H and O–H groups in total. The van der Waals surface area contributed by atoms with Crippen LogP contribution in [0.2, 0.25) is 0 Å². The molecule has 2 aromatic rings. The van der Waals surface area contributed by atoms with E-state index < -0.39 is 10.0 Å². The summed E-state index contributed by atoms with van der Waals surface area (Å²) in [7, 11) is -2.12. The number of nitrogens with zero attached hydrogens (tertiary/aromatic N) is 3. The van der Waals surface area contributed by atoms with Crippen LogP contribution in [0.5, 0.6) is 0 Å². The Bertz CT molecular complexity index is 702. The van der Waals surface area contributed by atoms with E-state index in [1.54, 1.807) is 20.0 Å². The molecule has 6 nitrogen and oxygen atoms in total. The summed E-state index contributed by atoms with van der Waals surface area (Å²) in [5, 5.41) is 0.0147. The predicted octanol–water partition coefficient (Wildman–Crippen LogP) is 1.53. The Morgan fingerprint density at radius 1 is 1.40 bits per heavy atom. The fourth-order valence-corrected chi connectivity index (χ4v) is 3.80. The van der Waals surface area contributed by atoms with E-state index in [2.05, 4.69) is 4.98 Å². The summed E-state index contributed by atoms with van der Waals surface area (Å²) in [5.41, 5.74) is 7.30. The first kappa shape index (κ1) is 14.4. The monoisotopic (exact) mass is 294 g/mol. The van der Waals surface area contributed by atoms with Crippen LogP contribution in [0.15, 0.2) is 35.6 Å². The minimum absolute atomic E-state index is 0.0126. The SMILES string of the molecule is CCN(c1cccc(C)c1)S(=O)(=O)c1c(N)ncn1C. The molecule has 0 unspecified atom stereocenters. The lowest BCUT2D eigenvalue weighted by molar-refractivity contribution is 0.582. The van der Waals surface area contributed by atoms with Crippen LogP contribution in [-0.2, 0) is 17.1 Å². The molecule has 0 saturated heterocycles. The molecule has 0 saturated carbocycles. The molecule has 20 heavy (non-hydrogen) atoms. The molecule has 108 valence electrons. The maximum absolute atomic E-state index is 12.8. The Balaban J connectivity index is 2.57. The first-order chi connectivity index (χ1) is 9.37. The van der Waals surface area contributed by atoms with Gasteiger partial charge in [-0.15, -0.1) is 0 Å². The van der Waals surface area contributed by atoms with Crippen molar-refractivity contribution in [1.29, 1.82) is 0 Å². The van der Waals surface area contributed by atoms with Gasteiger partial charge in [0.25, 0.3) is 10.0 Å². The molecule has 0 aliphatic heterocycles. The zero-order valence-corrected chi connectivity index (χ0v) is 12.6. The largest absolute Gasteiger partial charge is 0.381 e. The number of nitrogens with two attached hydrogens (primary N) is 1. The topological polar surface area (TPSA) is 81.2 Å². The van der Waals surface area contributed by atoms with Gasteiger partial charge in [0.2, 0.25) is 0 Å². The van der Waals surface area contributed by atoms with Crippen molar-refractivity contribution >= 4 is 21.5 Å². The van der Waals surface area contributed by atoms with Crippen molar-refractivity contribution in [3.05, 3.63) is 36.2 Å². The zero-order valence-electron chi connectivity index (χ0n) is 11.7. The highest BCUT2D eigenvalue weighted by atomic mass is 32.2. The summed E-state index contributed by atoms with van der Waals surface area (Å²) in [6.45, 7) is 4.02. The molecule has 0 atom stereocenters. The van der Waals surface area contributed by atoms with Gasteiger partial charge < -0.3 is 10.3 Å². The summed E-state index contributed by atoms with van der Waals surface area (Å²) < 4.78 is 28.3. The second-order valence-corrected chi connectivity index (χ2v) is 6.33. The van der Waals surface area contributed by atoms with E-state index in [9.17, 15) is 8.42 Å². The number of sulfonamides is 1. The van der Waals surface area contributed by atoms with Crippen molar-refractivity contribution in [2.24, 2.45) is 7.05 Å². The maximum Gasteiger partial charge on any atom is 0.283 e. The number of hydrogen-bond acceptors (Lipinski definition) is 4. The highest BCUT2D eigenvalue weighted by Gasteiger charge is 2.29. The van der Waals surface area contributed by atoms with Crippen LogP contribution < -0.4 is 10.0 Å². The van der Waals surface area contributed by atoms with E-state index in [-0.39, 0.29) is 10.8 Å². The molecular formula is C13H18N4O2S. The Hall–Kier alpha value is -2.02. The Kier molecular flexibility index (Phi) is 3.71. The summed E-state index contributed by atoms with van der Waals surface area (Å²) in [5.74, 6) is 0.0126. The molecule has 0 amide bonds. The van der Waals surface area contributed by atoms with Gasteiger partial charge in [-0.2, -0.15) is 8.42 Å². The summed E-state index contributed by atoms with van der Waals surface area (Å²) in [6.07, 6.45) is 1.40. The minimum Gasteiger partial charge on any atom is -0.381 e. The van der Waals surface area contributed by atoms with E-state index in [1.807, 2.05) is 25.1 Å². The number of benzene rings is 1. The smallest absolute Gasteiger partial charge is 0.283 e. The van der Waals surface area contributed by atoms with Crippen LogP contribution in [-0.4, -0.2) is 24.5 Å². The number of hydrogen-bond donors (Lipinski definition) is 1. The van der Waals surface area contributed by atoms with Gasteiger partial charge in [-0.3, -0.25) is 4.31 Å². The van der Waals surface area contributed by atoms with Crippen LogP contribution in [0.3, 0.4) is 0 Å². The van der Waals surface area contributed by atoms with Crippen molar-refractivity contribution in [1.82, 2.24) is 9.55 Å². The average Bonchev–Trinajstić information content (AvgIpc) is 2.70. The predicted molar refractivity (Wildman–Crippen MR) is 79.0 cm³/mol. The first-order valence-electron chi connectivity index (χ1n) is 6.24. The highest BCUT2D eigenvalue weighted by molar-refractivity contribution is 7.92. The molecule has 0 radical (unpaired) electrons. The fourth-order valence-electron chi connectivity index (χ4n) is 2.13. The number of anilines is 2. The molecule has 7 heteroatoms. The van der Waals surface area contributed by atoms with Crippen molar-refractivity contribution in [3.8, 4) is 0 Å². The molecule has 0 fully saturated rings. The molecule has 0 spiro atoms. The van der Waals surface area contributed by atoms with Gasteiger partial charge in [0.05, 0.1) is 12.0 Å². The quantitative estimate of drug-likeness (QED) is 0.927. The number of aromatic nitrogens is 2. The minimum atomic E-state index is -3.73. The van der Waals surface area contributed by atoms with E-state index in [0.29, 0.717) is 12.2 Å². The molecule has 0 aliphatic carbocycles. The maximum atomic E-state index is 12.8. The first-order valence-corrected chi connectivity index (χ1v) is 7.68. The van der Waals surface area contributed by atoms with Crippen LogP contribution in [0.1, 0.15) is 12.5 Å². The molecule has 0 aliphatic rings.